The third kappa shape index (κ3) is 7.13. The van der Waals surface area contributed by atoms with Gasteiger partial charge >= 0.3 is 0 Å². The predicted molar refractivity (Wildman–Crippen MR) is 174 cm³/mol. The Balaban J connectivity index is 0.000000280. The summed E-state index contributed by atoms with van der Waals surface area (Å²) in [6.07, 6.45) is 19.2. The van der Waals surface area contributed by atoms with E-state index in [1.54, 1.807) is 11.8 Å². The van der Waals surface area contributed by atoms with E-state index >= 15 is 0 Å². The molecule has 7 atom stereocenters. The Hall–Kier alpha value is -0.941. The summed E-state index contributed by atoms with van der Waals surface area (Å²) in [5.74, 6) is 1.79. The molecule has 0 saturated carbocycles. The fourth-order valence-electron chi connectivity index (χ4n) is 7.54. The first-order valence-electron chi connectivity index (χ1n) is 18.6. The molecule has 2 fully saturated rings. The van der Waals surface area contributed by atoms with Gasteiger partial charge < -0.3 is 21.1 Å². The maximum absolute atomic E-state index is 8.95. The zero-order valence-corrected chi connectivity index (χ0v) is 29.0. The van der Waals surface area contributed by atoms with Crippen molar-refractivity contribution >= 4 is 17.5 Å². The molecule has 7 aliphatic rings. The number of allylic oxidation sites excluding steroid dienone is 4. The van der Waals surface area contributed by atoms with Gasteiger partial charge in [0.25, 0.3) is 0 Å². The molecule has 0 aromatic rings. The second kappa shape index (κ2) is 14.0. The van der Waals surface area contributed by atoms with E-state index in [1.807, 2.05) is 20.8 Å². The molecule has 42 heavy (non-hydrogen) atoms. The molecule has 6 heteroatoms. The van der Waals surface area contributed by atoms with Crippen LogP contribution in [0.4, 0.5) is 0 Å². The Morgan fingerprint density at radius 3 is 2.83 bits per heavy atom. The van der Waals surface area contributed by atoms with E-state index in [0.717, 1.165) is 43.6 Å². The molecule has 235 valence electrons. The van der Waals surface area contributed by atoms with Gasteiger partial charge in [-0.05, 0) is 59.9 Å². The van der Waals surface area contributed by atoms with Crippen LogP contribution in [0, 0.1) is 41.6 Å². The van der Waals surface area contributed by atoms with Crippen LogP contribution in [-0.4, -0.2) is 36.3 Å². The zero-order valence-electron chi connectivity index (χ0n) is 30.8. The molecule has 1 radical (unpaired) electrons. The average Bonchev–Trinajstić information content (AvgIpc) is 3.59. The topological polar surface area (TPSA) is 49.8 Å². The molecule has 5 unspecified atom stereocenters. The summed E-state index contributed by atoms with van der Waals surface area (Å²) >= 11 is 1.72. The van der Waals surface area contributed by atoms with Gasteiger partial charge in [0.1, 0.15) is 0 Å². The number of ether oxygens (including phenoxy) is 1. The van der Waals surface area contributed by atoms with E-state index < -0.39 is 24.9 Å². The van der Waals surface area contributed by atoms with Gasteiger partial charge in [-0.1, -0.05) is 72.3 Å². The molecule has 5 heterocycles. The van der Waals surface area contributed by atoms with Crippen molar-refractivity contribution < 1.29 is 31.7 Å². The Morgan fingerprint density at radius 1 is 1.21 bits per heavy atom. The van der Waals surface area contributed by atoms with Crippen LogP contribution in [0.5, 0.6) is 0 Å². The van der Waals surface area contributed by atoms with Gasteiger partial charge in [-0.15, -0.1) is 43.7 Å². The van der Waals surface area contributed by atoms with Crippen molar-refractivity contribution in [3.63, 3.8) is 0 Å². The van der Waals surface area contributed by atoms with Gasteiger partial charge in [-0.2, -0.15) is 11.6 Å². The van der Waals surface area contributed by atoms with Crippen molar-refractivity contribution in [2.75, 3.05) is 13.1 Å². The van der Waals surface area contributed by atoms with E-state index in [1.165, 1.54) is 48.3 Å². The molecule has 7 rings (SSSR count). The number of hydrogen-bond acceptors (Lipinski definition) is 3. The Kier molecular flexibility index (Phi) is 8.77. The van der Waals surface area contributed by atoms with Crippen LogP contribution in [0.1, 0.15) is 112 Å². The molecular weight excluding hydrogens is 715 g/mol. The predicted octanol–water partition coefficient (Wildman–Crippen LogP) is 9.86. The van der Waals surface area contributed by atoms with Gasteiger partial charge in [-0.25, -0.2) is 12.0 Å². The van der Waals surface area contributed by atoms with Gasteiger partial charge in [0.2, 0.25) is 0 Å². The SMILES string of the molecule is [2H]C([2H])([2H])C1=NC2OC3=C([C@@H]4[N-]CC=C5S[C@H](C([2H])([2H])C(C)(C)C)C(C)C54)[CH-]CCC3C2CC1.[C-]1=C(C2=CCCC[N-]2)CCCC1.[Ir]. The van der Waals surface area contributed by atoms with E-state index in [9.17, 15) is 0 Å². The first-order valence-corrected chi connectivity index (χ1v) is 17.0. The second-order valence-corrected chi connectivity index (χ2v) is 14.9. The summed E-state index contributed by atoms with van der Waals surface area (Å²) in [6.45, 7) is 7.68. The molecule has 0 aromatic heterocycles. The average molecular weight is 771 g/mol. The normalized spacial score (nSPS) is 38.0. The maximum Gasteiger partial charge on any atom is 0.171 e. The fourth-order valence-corrected chi connectivity index (χ4v) is 9.30. The van der Waals surface area contributed by atoms with Crippen molar-refractivity contribution in [3.8, 4) is 0 Å². The van der Waals surface area contributed by atoms with E-state index in [0.29, 0.717) is 18.7 Å². The molecule has 2 aliphatic carbocycles. The fraction of sp³-hybridized carbons (Fsp3) is 0.722. The van der Waals surface area contributed by atoms with Gasteiger partial charge in [-0.3, -0.25) is 11.1 Å². The van der Waals surface area contributed by atoms with Crippen LogP contribution in [0.3, 0.4) is 0 Å². The minimum absolute atomic E-state index is 0. The van der Waals surface area contributed by atoms with Crippen LogP contribution in [-0.2, 0) is 24.8 Å². The summed E-state index contributed by atoms with van der Waals surface area (Å²) in [4.78, 5) is 5.83. The van der Waals surface area contributed by atoms with Crippen molar-refractivity contribution in [1.82, 2.24) is 0 Å². The quantitative estimate of drug-likeness (QED) is 0.269. The molecule has 0 amide bonds. The van der Waals surface area contributed by atoms with Crippen LogP contribution in [0.25, 0.3) is 10.6 Å². The van der Waals surface area contributed by atoms with Crippen LogP contribution in [0.2, 0.25) is 0 Å². The van der Waals surface area contributed by atoms with Crippen molar-refractivity contribution in [3.05, 3.63) is 62.8 Å². The third-order valence-corrected chi connectivity index (χ3v) is 11.1. The molecule has 0 bridgehead atoms. The second-order valence-electron chi connectivity index (χ2n) is 13.7. The van der Waals surface area contributed by atoms with Gasteiger partial charge in [0, 0.05) is 43.8 Å². The first-order chi connectivity index (χ1) is 21.8. The summed E-state index contributed by atoms with van der Waals surface area (Å²) in [7, 11) is 0. The van der Waals surface area contributed by atoms with Crippen molar-refractivity contribution in [2.24, 2.45) is 34.1 Å². The maximum atomic E-state index is 8.95. The molecule has 4 nitrogen and oxygen atoms in total. The van der Waals surface area contributed by atoms with Gasteiger partial charge in [0.05, 0.1) is 0 Å². The molecular formula is C36H51IrN3OS-4. The van der Waals surface area contributed by atoms with E-state index in [-0.39, 0.29) is 55.1 Å². The van der Waals surface area contributed by atoms with Crippen molar-refractivity contribution in [2.45, 2.75) is 123 Å². The molecule has 5 aliphatic heterocycles. The molecule has 0 N–H and O–H groups in total. The third-order valence-electron chi connectivity index (χ3n) is 9.54. The summed E-state index contributed by atoms with van der Waals surface area (Å²) in [6, 6.07) is -0.0349. The number of fused-ring (bicyclic) bond motifs is 4. The zero-order chi connectivity index (χ0) is 32.9. The Labute approximate surface area is 280 Å². The number of aliphatic imine (C=N–C) groups is 1. The molecule has 0 aromatic carbocycles. The van der Waals surface area contributed by atoms with Crippen LogP contribution in [0.15, 0.2) is 44.7 Å². The Bertz CT molecular complexity index is 1290. The van der Waals surface area contributed by atoms with Crippen LogP contribution < -0.4 is 0 Å². The van der Waals surface area contributed by atoms with Crippen LogP contribution >= 0.6 is 11.8 Å². The standard InChI is InChI=1S/C25H36N2OS.C11H15N.Ir/c1-14-9-10-17-16-7-6-8-18(23(16)28-24(17)27-14)22-21-15(2)20(13-25(3,4)5)29-19(21)11-12-26-22;1-2-6-10(7-3-1)11-8-4-5-9-12-11;/h8,11,15-17,20-22,24H,6-7,9-10,12-13H2,1-5H3;8H,1-6,9H2;/q2*-2;/t15?,16?,17?,20-,21?,22+,24?;;/m1../s1/i1D3,13D2;;. The minimum Gasteiger partial charge on any atom is -0.770 e. The summed E-state index contributed by atoms with van der Waals surface area (Å²) in [5, 5.41) is 9.44. The number of rotatable bonds is 3. The monoisotopic (exact) mass is 771 g/mol. The number of nitrogens with zero attached hydrogens (tertiary/aromatic N) is 3. The van der Waals surface area contributed by atoms with E-state index in [4.69, 9.17) is 16.9 Å². The number of hydrogen-bond donors (Lipinski definition) is 0. The van der Waals surface area contributed by atoms with Gasteiger partial charge in [0.15, 0.2) is 6.23 Å². The first kappa shape index (κ1) is 26.3. The van der Waals surface area contributed by atoms with E-state index in [2.05, 4.69) is 41.9 Å². The van der Waals surface area contributed by atoms with Crippen molar-refractivity contribution in [1.29, 1.82) is 0 Å². The smallest absolute Gasteiger partial charge is 0.171 e. The Morgan fingerprint density at radius 2 is 2.10 bits per heavy atom. The molecule has 2 saturated heterocycles. The summed E-state index contributed by atoms with van der Waals surface area (Å²) in [5.41, 5.74) is 3.63. The minimum atomic E-state index is -2.15. The molecule has 0 spiro atoms. The number of thioether (sulfide) groups is 1. The summed E-state index contributed by atoms with van der Waals surface area (Å²) < 4.78 is 47.6. The largest absolute Gasteiger partial charge is 0.770 e.